The molecular weight excluding hydrogens is 288 g/mol. The molecule has 1 saturated heterocycles. The monoisotopic (exact) mass is 310 g/mol. The quantitative estimate of drug-likeness (QED) is 0.905. The van der Waals surface area contributed by atoms with Crippen molar-refractivity contribution in [3.8, 4) is 0 Å². The van der Waals surface area contributed by atoms with Crippen molar-refractivity contribution in [2.45, 2.75) is 43.8 Å². The van der Waals surface area contributed by atoms with E-state index in [1.807, 2.05) is 26.0 Å². The molecule has 0 bridgehead atoms. The van der Waals surface area contributed by atoms with Crippen LogP contribution < -0.4 is 5.32 Å². The molecule has 5 nitrogen and oxygen atoms in total. The van der Waals surface area contributed by atoms with Gasteiger partial charge in [-0.15, -0.1) is 0 Å². The van der Waals surface area contributed by atoms with Crippen molar-refractivity contribution in [1.29, 1.82) is 0 Å². The summed E-state index contributed by atoms with van der Waals surface area (Å²) in [6.45, 7) is 5.58. The van der Waals surface area contributed by atoms with Crippen molar-refractivity contribution in [3.05, 3.63) is 23.8 Å². The Morgan fingerprint density at radius 1 is 1.24 bits per heavy atom. The summed E-state index contributed by atoms with van der Waals surface area (Å²) in [7, 11) is -3.46. The third-order valence-electron chi connectivity index (χ3n) is 4.06. The zero-order chi connectivity index (χ0) is 15.0. The molecular formula is C15H22N2O3S. The van der Waals surface area contributed by atoms with E-state index in [0.717, 1.165) is 30.6 Å². The number of anilines is 1. The maximum Gasteiger partial charge on any atom is 0.243 e. The van der Waals surface area contributed by atoms with Crippen LogP contribution in [0.25, 0.3) is 0 Å². The lowest BCUT2D eigenvalue weighted by atomic mass is 10.0. The number of nitrogens with one attached hydrogen (secondary N) is 1. The van der Waals surface area contributed by atoms with Crippen LogP contribution in [0, 0.1) is 0 Å². The molecule has 21 heavy (non-hydrogen) atoms. The van der Waals surface area contributed by atoms with Crippen molar-refractivity contribution in [1.82, 2.24) is 4.31 Å². The minimum atomic E-state index is -3.46. The SMILES string of the molecule is C[C@@H]1CN(S(=O)(=O)c2cccc3c2CCCN3)C[C@H](C)O1. The van der Waals surface area contributed by atoms with E-state index in [0.29, 0.717) is 18.0 Å². The second-order valence-corrected chi connectivity index (χ2v) is 7.80. The van der Waals surface area contributed by atoms with Gasteiger partial charge in [-0.3, -0.25) is 0 Å². The second kappa shape index (κ2) is 5.59. The lowest BCUT2D eigenvalue weighted by Gasteiger charge is -2.35. The number of fused-ring (bicyclic) bond motifs is 1. The molecule has 1 N–H and O–H groups in total. The molecule has 116 valence electrons. The van der Waals surface area contributed by atoms with Gasteiger partial charge in [0.05, 0.1) is 17.1 Å². The summed E-state index contributed by atoms with van der Waals surface area (Å²) in [6.07, 6.45) is 1.64. The van der Waals surface area contributed by atoms with Gasteiger partial charge in [0, 0.05) is 25.3 Å². The van der Waals surface area contributed by atoms with Crippen LogP contribution in [0.4, 0.5) is 5.69 Å². The van der Waals surface area contributed by atoms with Crippen LogP contribution >= 0.6 is 0 Å². The number of benzene rings is 1. The first-order chi connectivity index (χ1) is 9.98. The van der Waals surface area contributed by atoms with Crippen LogP contribution in [0.2, 0.25) is 0 Å². The number of nitrogens with zero attached hydrogens (tertiary/aromatic N) is 1. The number of hydrogen-bond acceptors (Lipinski definition) is 4. The predicted octanol–water partition coefficient (Wildman–Crippen LogP) is 1.84. The zero-order valence-electron chi connectivity index (χ0n) is 12.5. The molecule has 0 spiro atoms. The first-order valence-corrected chi connectivity index (χ1v) is 8.94. The molecule has 2 aliphatic heterocycles. The van der Waals surface area contributed by atoms with E-state index in [4.69, 9.17) is 4.74 Å². The molecule has 0 aliphatic carbocycles. The smallest absolute Gasteiger partial charge is 0.243 e. The number of morpholine rings is 1. The summed E-state index contributed by atoms with van der Waals surface area (Å²) >= 11 is 0. The van der Waals surface area contributed by atoms with E-state index in [2.05, 4.69) is 5.32 Å². The molecule has 0 unspecified atom stereocenters. The van der Waals surface area contributed by atoms with Gasteiger partial charge in [-0.2, -0.15) is 4.31 Å². The van der Waals surface area contributed by atoms with Gasteiger partial charge in [0.1, 0.15) is 0 Å². The average molecular weight is 310 g/mol. The fraction of sp³-hybridized carbons (Fsp3) is 0.600. The van der Waals surface area contributed by atoms with Crippen molar-refractivity contribution in [3.63, 3.8) is 0 Å². The summed E-state index contributed by atoms with van der Waals surface area (Å²) in [5.41, 5.74) is 1.88. The lowest BCUT2D eigenvalue weighted by molar-refractivity contribution is -0.0441. The van der Waals surface area contributed by atoms with Crippen molar-refractivity contribution >= 4 is 15.7 Å². The molecule has 0 amide bonds. The molecule has 2 aliphatic rings. The highest BCUT2D eigenvalue weighted by Gasteiger charge is 2.34. The summed E-state index contributed by atoms with van der Waals surface area (Å²) < 4.78 is 33.2. The van der Waals surface area contributed by atoms with E-state index < -0.39 is 10.0 Å². The van der Waals surface area contributed by atoms with Crippen molar-refractivity contribution in [2.24, 2.45) is 0 Å². The highest BCUT2D eigenvalue weighted by molar-refractivity contribution is 7.89. The van der Waals surface area contributed by atoms with Crippen LogP contribution in [0.3, 0.4) is 0 Å². The Morgan fingerprint density at radius 3 is 2.67 bits per heavy atom. The standard InChI is InChI=1S/C15H22N2O3S/c1-11-9-17(10-12(2)20-11)21(18,19)15-7-3-6-14-13(15)5-4-8-16-14/h3,6-7,11-12,16H,4-5,8-10H2,1-2H3/t11-,12+. The molecule has 2 atom stereocenters. The number of sulfonamides is 1. The van der Waals surface area contributed by atoms with Gasteiger partial charge >= 0.3 is 0 Å². The van der Waals surface area contributed by atoms with Crippen molar-refractivity contribution < 1.29 is 13.2 Å². The summed E-state index contributed by atoms with van der Waals surface area (Å²) in [5.74, 6) is 0. The second-order valence-electron chi connectivity index (χ2n) is 5.89. The molecule has 0 saturated carbocycles. The number of hydrogen-bond donors (Lipinski definition) is 1. The van der Waals surface area contributed by atoms with Gasteiger partial charge in [-0.25, -0.2) is 8.42 Å². The largest absolute Gasteiger partial charge is 0.385 e. The Hall–Kier alpha value is -1.11. The Morgan fingerprint density at radius 2 is 1.95 bits per heavy atom. The van der Waals surface area contributed by atoms with E-state index in [9.17, 15) is 8.42 Å². The Bertz CT molecular complexity index is 620. The molecule has 1 aromatic carbocycles. The maximum atomic E-state index is 13.0. The Kier molecular flexibility index (Phi) is 3.94. The minimum absolute atomic E-state index is 0.0683. The van der Waals surface area contributed by atoms with E-state index in [-0.39, 0.29) is 12.2 Å². The fourth-order valence-electron chi connectivity index (χ4n) is 3.19. The first-order valence-electron chi connectivity index (χ1n) is 7.50. The van der Waals surface area contributed by atoms with E-state index >= 15 is 0 Å². The van der Waals surface area contributed by atoms with Gasteiger partial charge < -0.3 is 10.1 Å². The Balaban J connectivity index is 1.99. The summed E-state index contributed by atoms with van der Waals surface area (Å²) in [5, 5.41) is 3.29. The molecule has 0 aromatic heterocycles. The van der Waals surface area contributed by atoms with Crippen LogP contribution in [-0.4, -0.2) is 44.6 Å². The molecule has 2 heterocycles. The lowest BCUT2D eigenvalue weighted by Crippen LogP contribution is -2.48. The summed E-state index contributed by atoms with van der Waals surface area (Å²) in [4.78, 5) is 0.452. The molecule has 1 fully saturated rings. The van der Waals surface area contributed by atoms with Gasteiger partial charge in [-0.1, -0.05) is 6.07 Å². The van der Waals surface area contributed by atoms with Crippen LogP contribution in [-0.2, 0) is 21.2 Å². The van der Waals surface area contributed by atoms with E-state index in [1.165, 1.54) is 0 Å². The molecule has 0 radical (unpaired) electrons. The minimum Gasteiger partial charge on any atom is -0.385 e. The van der Waals surface area contributed by atoms with Crippen molar-refractivity contribution in [2.75, 3.05) is 25.0 Å². The van der Waals surface area contributed by atoms with Gasteiger partial charge in [0.15, 0.2) is 0 Å². The van der Waals surface area contributed by atoms with E-state index in [1.54, 1.807) is 10.4 Å². The predicted molar refractivity (Wildman–Crippen MR) is 82.0 cm³/mol. The van der Waals surface area contributed by atoms with Crippen LogP contribution in [0.1, 0.15) is 25.8 Å². The number of ether oxygens (including phenoxy) is 1. The van der Waals surface area contributed by atoms with Crippen LogP contribution in [0.15, 0.2) is 23.1 Å². The number of rotatable bonds is 2. The zero-order valence-corrected chi connectivity index (χ0v) is 13.3. The average Bonchev–Trinajstić information content (AvgIpc) is 2.45. The Labute approximate surface area is 126 Å². The topological polar surface area (TPSA) is 58.6 Å². The molecule has 6 heteroatoms. The highest BCUT2D eigenvalue weighted by atomic mass is 32.2. The van der Waals surface area contributed by atoms with Crippen LogP contribution in [0.5, 0.6) is 0 Å². The third kappa shape index (κ3) is 2.80. The van der Waals surface area contributed by atoms with Gasteiger partial charge in [-0.05, 0) is 44.4 Å². The van der Waals surface area contributed by atoms with Gasteiger partial charge in [0.25, 0.3) is 0 Å². The highest BCUT2D eigenvalue weighted by Crippen LogP contribution is 2.31. The third-order valence-corrected chi connectivity index (χ3v) is 5.97. The first kappa shape index (κ1) is 14.8. The maximum absolute atomic E-state index is 13.0. The molecule has 3 rings (SSSR count). The fourth-order valence-corrected chi connectivity index (χ4v) is 5.05. The normalized spacial score (nSPS) is 27.0. The van der Waals surface area contributed by atoms with Gasteiger partial charge in [0.2, 0.25) is 10.0 Å². The summed E-state index contributed by atoms with van der Waals surface area (Å²) in [6, 6.07) is 5.50. The molecule has 1 aromatic rings.